The lowest BCUT2D eigenvalue weighted by atomic mass is 10.0. The average Bonchev–Trinajstić information content (AvgIpc) is 2.40. The first-order valence-electron chi connectivity index (χ1n) is 4.07. The lowest BCUT2D eigenvalue weighted by Gasteiger charge is -2.19. The van der Waals surface area contributed by atoms with Gasteiger partial charge in [0.15, 0.2) is 0 Å². The van der Waals surface area contributed by atoms with Gasteiger partial charge in [0.2, 0.25) is 0 Å². The van der Waals surface area contributed by atoms with Crippen LogP contribution >= 0.6 is 0 Å². The molecule has 0 aromatic carbocycles. The molecule has 5 heteroatoms. The molecular weight excluding hydrogens is 162 g/mol. The second kappa shape index (κ2) is 2.65. The standard InChI is InChI=1S/C7H13NO4/c9-3-1-8-2-4(10)7(12)5(8)6(3)11/h3-7,9-12H,1-2H2/t3-,4+,5?,6-,7+. The molecule has 2 aliphatic heterocycles. The molecule has 0 spiro atoms. The first-order chi connectivity index (χ1) is 5.61. The number of aliphatic hydroxyl groups is 4. The van der Waals surface area contributed by atoms with Gasteiger partial charge in [-0.15, -0.1) is 0 Å². The van der Waals surface area contributed by atoms with Crippen LogP contribution in [-0.4, -0.2) is 68.9 Å². The highest BCUT2D eigenvalue weighted by Gasteiger charge is 2.51. The minimum atomic E-state index is -0.933. The molecule has 0 saturated carbocycles. The summed E-state index contributed by atoms with van der Waals surface area (Å²) in [5, 5.41) is 37.2. The molecule has 4 N–H and O–H groups in total. The molecule has 2 aliphatic rings. The van der Waals surface area contributed by atoms with Gasteiger partial charge in [0.25, 0.3) is 0 Å². The fourth-order valence-electron chi connectivity index (χ4n) is 2.10. The Labute approximate surface area is 69.9 Å². The second-order valence-electron chi connectivity index (χ2n) is 3.56. The zero-order valence-electron chi connectivity index (χ0n) is 6.54. The van der Waals surface area contributed by atoms with E-state index in [0.717, 1.165) is 0 Å². The molecule has 2 rings (SSSR count). The van der Waals surface area contributed by atoms with Crippen molar-refractivity contribution in [3.05, 3.63) is 0 Å². The third kappa shape index (κ3) is 0.982. The van der Waals surface area contributed by atoms with Crippen molar-refractivity contribution in [3.8, 4) is 0 Å². The van der Waals surface area contributed by atoms with Gasteiger partial charge < -0.3 is 20.4 Å². The maximum absolute atomic E-state index is 9.39. The third-order valence-electron chi connectivity index (χ3n) is 2.75. The molecule has 2 saturated heterocycles. The predicted molar refractivity (Wildman–Crippen MR) is 39.4 cm³/mol. The maximum atomic E-state index is 9.39. The first-order valence-corrected chi connectivity index (χ1v) is 4.07. The lowest BCUT2D eigenvalue weighted by molar-refractivity contribution is -0.0206. The largest absolute Gasteiger partial charge is 0.389 e. The summed E-state index contributed by atoms with van der Waals surface area (Å²) in [4.78, 5) is 1.71. The van der Waals surface area contributed by atoms with Crippen molar-refractivity contribution in [2.75, 3.05) is 13.1 Å². The predicted octanol–water partition coefficient (Wildman–Crippen LogP) is -2.87. The van der Waals surface area contributed by atoms with E-state index < -0.39 is 30.5 Å². The minimum absolute atomic E-state index is 0.333. The summed E-state index contributed by atoms with van der Waals surface area (Å²) in [5.41, 5.74) is 0. The van der Waals surface area contributed by atoms with E-state index in [0.29, 0.717) is 13.1 Å². The summed E-state index contributed by atoms with van der Waals surface area (Å²) >= 11 is 0. The van der Waals surface area contributed by atoms with Crippen molar-refractivity contribution in [2.45, 2.75) is 30.5 Å². The Morgan fingerprint density at radius 1 is 0.833 bits per heavy atom. The van der Waals surface area contributed by atoms with Gasteiger partial charge in [0, 0.05) is 13.1 Å². The summed E-state index contributed by atoms with van der Waals surface area (Å²) < 4.78 is 0. The number of nitrogens with zero attached hydrogens (tertiary/aromatic N) is 1. The Morgan fingerprint density at radius 2 is 1.25 bits per heavy atom. The van der Waals surface area contributed by atoms with Crippen molar-refractivity contribution in [1.82, 2.24) is 4.90 Å². The van der Waals surface area contributed by atoms with E-state index in [1.54, 1.807) is 4.90 Å². The Hall–Kier alpha value is -0.200. The van der Waals surface area contributed by atoms with Crippen LogP contribution in [0.15, 0.2) is 0 Å². The van der Waals surface area contributed by atoms with Gasteiger partial charge >= 0.3 is 0 Å². The van der Waals surface area contributed by atoms with Crippen LogP contribution in [0.2, 0.25) is 0 Å². The zero-order chi connectivity index (χ0) is 8.88. The highest BCUT2D eigenvalue weighted by molar-refractivity contribution is 5.05. The number of aliphatic hydroxyl groups excluding tert-OH is 4. The monoisotopic (exact) mass is 175 g/mol. The molecule has 2 fully saturated rings. The quantitative estimate of drug-likeness (QED) is 0.318. The molecular formula is C7H13NO4. The van der Waals surface area contributed by atoms with Crippen molar-refractivity contribution in [3.63, 3.8) is 0 Å². The van der Waals surface area contributed by atoms with Crippen LogP contribution in [-0.2, 0) is 0 Å². The van der Waals surface area contributed by atoms with Crippen LogP contribution < -0.4 is 0 Å². The second-order valence-corrected chi connectivity index (χ2v) is 3.56. The fourth-order valence-corrected chi connectivity index (χ4v) is 2.10. The van der Waals surface area contributed by atoms with E-state index in [4.69, 9.17) is 0 Å². The third-order valence-corrected chi connectivity index (χ3v) is 2.75. The number of rotatable bonds is 0. The summed E-state index contributed by atoms with van der Waals surface area (Å²) in [6.07, 6.45) is -3.46. The van der Waals surface area contributed by atoms with Crippen molar-refractivity contribution < 1.29 is 20.4 Å². The van der Waals surface area contributed by atoms with Gasteiger partial charge in [0.1, 0.15) is 0 Å². The highest BCUT2D eigenvalue weighted by atomic mass is 16.4. The Balaban J connectivity index is 2.15. The smallest absolute Gasteiger partial charge is 0.0992 e. The first kappa shape index (κ1) is 8.40. The molecule has 12 heavy (non-hydrogen) atoms. The Bertz CT molecular complexity index is 170. The van der Waals surface area contributed by atoms with Crippen LogP contribution in [0.25, 0.3) is 0 Å². The van der Waals surface area contributed by atoms with E-state index in [1.807, 2.05) is 0 Å². The molecule has 0 aliphatic carbocycles. The normalized spacial score (nSPS) is 54.5. The van der Waals surface area contributed by atoms with Gasteiger partial charge in [-0.05, 0) is 0 Å². The number of hydrogen-bond acceptors (Lipinski definition) is 5. The fraction of sp³-hybridized carbons (Fsp3) is 1.00. The molecule has 5 nitrogen and oxygen atoms in total. The zero-order valence-corrected chi connectivity index (χ0v) is 6.54. The Kier molecular flexibility index (Phi) is 1.85. The number of fused-ring (bicyclic) bond motifs is 1. The van der Waals surface area contributed by atoms with Crippen LogP contribution in [0.5, 0.6) is 0 Å². The van der Waals surface area contributed by atoms with Crippen LogP contribution in [0.1, 0.15) is 0 Å². The molecule has 70 valence electrons. The average molecular weight is 175 g/mol. The molecule has 0 bridgehead atoms. The van der Waals surface area contributed by atoms with Gasteiger partial charge in [-0.25, -0.2) is 0 Å². The number of hydrogen-bond donors (Lipinski definition) is 4. The molecule has 0 radical (unpaired) electrons. The van der Waals surface area contributed by atoms with E-state index >= 15 is 0 Å². The molecule has 2 heterocycles. The van der Waals surface area contributed by atoms with Gasteiger partial charge in [0.05, 0.1) is 30.5 Å². The maximum Gasteiger partial charge on any atom is 0.0992 e. The summed E-state index contributed by atoms with van der Waals surface area (Å²) in [6.45, 7) is 0.667. The molecule has 0 aromatic heterocycles. The van der Waals surface area contributed by atoms with E-state index in [9.17, 15) is 20.4 Å². The van der Waals surface area contributed by atoms with Crippen molar-refractivity contribution in [2.24, 2.45) is 0 Å². The molecule has 1 unspecified atom stereocenters. The Morgan fingerprint density at radius 3 is 1.58 bits per heavy atom. The van der Waals surface area contributed by atoms with E-state index in [1.165, 1.54) is 0 Å². The molecule has 0 amide bonds. The van der Waals surface area contributed by atoms with Gasteiger partial charge in [-0.2, -0.15) is 0 Å². The summed E-state index contributed by atoms with van der Waals surface area (Å²) in [6, 6.07) is -0.491. The van der Waals surface area contributed by atoms with Crippen LogP contribution in [0, 0.1) is 0 Å². The van der Waals surface area contributed by atoms with Gasteiger partial charge in [-0.1, -0.05) is 0 Å². The van der Waals surface area contributed by atoms with Gasteiger partial charge in [-0.3, -0.25) is 4.90 Å². The highest BCUT2D eigenvalue weighted by Crippen LogP contribution is 2.28. The van der Waals surface area contributed by atoms with Crippen LogP contribution in [0.4, 0.5) is 0 Å². The van der Waals surface area contributed by atoms with Crippen LogP contribution in [0.3, 0.4) is 0 Å². The van der Waals surface area contributed by atoms with Crippen molar-refractivity contribution in [1.29, 1.82) is 0 Å². The molecule has 5 atom stereocenters. The minimum Gasteiger partial charge on any atom is -0.389 e. The SMILES string of the molecule is O[C@@H]1CN2C[C@H](O)[C@H](O)C2[C@@H]1O. The summed E-state index contributed by atoms with van der Waals surface area (Å²) in [5.74, 6) is 0. The van der Waals surface area contributed by atoms with E-state index in [2.05, 4.69) is 0 Å². The topological polar surface area (TPSA) is 84.2 Å². The van der Waals surface area contributed by atoms with E-state index in [-0.39, 0.29) is 0 Å². The van der Waals surface area contributed by atoms with Crippen molar-refractivity contribution >= 4 is 0 Å². The molecule has 0 aromatic rings. The summed E-state index contributed by atoms with van der Waals surface area (Å²) in [7, 11) is 0. The lowest BCUT2D eigenvalue weighted by Crippen LogP contribution is -2.41.